The van der Waals surface area contributed by atoms with Crippen molar-refractivity contribution in [3.05, 3.63) is 83.1 Å². The number of hydrogen-bond acceptors (Lipinski definition) is 5. The van der Waals surface area contributed by atoms with Gasteiger partial charge in [0.05, 0.1) is 17.8 Å². The van der Waals surface area contributed by atoms with Crippen LogP contribution in [-0.2, 0) is 14.3 Å². The van der Waals surface area contributed by atoms with Crippen LogP contribution >= 0.6 is 11.6 Å². The number of carbonyl (C=O) groups is 1. The van der Waals surface area contributed by atoms with Gasteiger partial charge in [0.2, 0.25) is 0 Å². The molecule has 3 rings (SSSR count). The van der Waals surface area contributed by atoms with Gasteiger partial charge >= 0.3 is 5.97 Å². The van der Waals surface area contributed by atoms with Crippen LogP contribution in [0.2, 0.25) is 5.02 Å². The first-order chi connectivity index (χ1) is 12.6. The van der Waals surface area contributed by atoms with Gasteiger partial charge in [-0.1, -0.05) is 35.9 Å². The van der Waals surface area contributed by atoms with Crippen molar-refractivity contribution in [3.8, 4) is 0 Å². The van der Waals surface area contributed by atoms with Crippen molar-refractivity contribution >= 4 is 28.9 Å². The maximum atomic E-state index is 14.3. The number of allylic oxidation sites excluding steroid dienone is 1. The van der Waals surface area contributed by atoms with Crippen LogP contribution in [0.5, 0.6) is 0 Å². The van der Waals surface area contributed by atoms with E-state index in [4.69, 9.17) is 21.1 Å². The molecule has 1 aliphatic rings. The summed E-state index contributed by atoms with van der Waals surface area (Å²) >= 11 is 6.11. The van der Waals surface area contributed by atoms with E-state index < -0.39 is 11.8 Å². The number of carbonyl (C=O) groups excluding carboxylic acids is 1. The van der Waals surface area contributed by atoms with E-state index in [2.05, 4.69) is 5.32 Å². The second-order valence-electron chi connectivity index (χ2n) is 5.32. The number of esters is 1. The molecule has 0 atom stereocenters. The van der Waals surface area contributed by atoms with Gasteiger partial charge in [0.15, 0.2) is 18.2 Å². The fraction of sp³-hybridized carbons (Fsp3) is 0.105. The monoisotopic (exact) mass is 374 g/mol. The summed E-state index contributed by atoms with van der Waals surface area (Å²) in [5, 5.41) is 3.23. The Bertz CT molecular complexity index is 848. The zero-order valence-electron chi connectivity index (χ0n) is 13.9. The zero-order valence-corrected chi connectivity index (χ0v) is 14.7. The highest BCUT2D eigenvalue weighted by atomic mass is 35.5. The summed E-state index contributed by atoms with van der Waals surface area (Å²) in [4.78, 5) is 13.6. The molecule has 0 saturated heterocycles. The van der Waals surface area contributed by atoms with E-state index in [1.165, 1.54) is 24.1 Å². The van der Waals surface area contributed by atoms with E-state index >= 15 is 0 Å². The molecule has 0 bridgehead atoms. The van der Waals surface area contributed by atoms with E-state index in [9.17, 15) is 9.18 Å². The summed E-state index contributed by atoms with van der Waals surface area (Å²) in [7, 11) is 1.25. The Labute approximate surface area is 155 Å². The molecule has 26 heavy (non-hydrogen) atoms. The van der Waals surface area contributed by atoms with Crippen LogP contribution in [0.15, 0.2) is 72.3 Å². The van der Waals surface area contributed by atoms with Gasteiger partial charge in [-0.15, -0.1) is 0 Å². The number of nitrogens with zero attached hydrogens (tertiary/aromatic N) is 1. The number of hydrogen-bond donors (Lipinski definition) is 1. The van der Waals surface area contributed by atoms with Crippen LogP contribution in [0.3, 0.4) is 0 Å². The Hall–Kier alpha value is -2.99. The number of methoxy groups -OCH3 is 1. The number of rotatable bonds is 5. The molecule has 2 aromatic carbocycles. The second kappa shape index (κ2) is 7.93. The highest BCUT2D eigenvalue weighted by molar-refractivity contribution is 6.33. The molecule has 0 aliphatic carbocycles. The van der Waals surface area contributed by atoms with Crippen molar-refractivity contribution in [2.45, 2.75) is 0 Å². The lowest BCUT2D eigenvalue weighted by molar-refractivity contribution is -0.136. The molecule has 0 fully saturated rings. The number of para-hydroxylation sites is 2. The zero-order chi connectivity index (χ0) is 18.5. The van der Waals surface area contributed by atoms with Crippen LogP contribution in [0.1, 0.15) is 0 Å². The molecule has 0 aromatic heterocycles. The Morgan fingerprint density at radius 1 is 1.27 bits per heavy atom. The lowest BCUT2D eigenvalue weighted by Crippen LogP contribution is -2.26. The lowest BCUT2D eigenvalue weighted by atomic mass is 10.2. The lowest BCUT2D eigenvalue weighted by Gasteiger charge is -2.20. The number of benzene rings is 2. The third-order valence-corrected chi connectivity index (χ3v) is 4.00. The first kappa shape index (κ1) is 17.8. The molecule has 1 heterocycles. The van der Waals surface area contributed by atoms with Gasteiger partial charge in [-0.2, -0.15) is 0 Å². The van der Waals surface area contributed by atoms with Gasteiger partial charge in [-0.3, -0.25) is 4.90 Å². The minimum atomic E-state index is -0.652. The van der Waals surface area contributed by atoms with Crippen LogP contribution in [-0.4, -0.2) is 19.8 Å². The van der Waals surface area contributed by atoms with Crippen LogP contribution in [0.4, 0.5) is 15.8 Å². The Balaban J connectivity index is 1.92. The van der Waals surface area contributed by atoms with Gasteiger partial charge in [0, 0.05) is 11.9 Å². The van der Waals surface area contributed by atoms with E-state index in [0.29, 0.717) is 0 Å². The predicted octanol–water partition coefficient (Wildman–Crippen LogP) is 4.28. The molecule has 1 aliphatic heterocycles. The van der Waals surface area contributed by atoms with E-state index in [0.717, 1.165) is 5.69 Å². The first-order valence-corrected chi connectivity index (χ1v) is 8.14. The quantitative estimate of drug-likeness (QED) is 0.791. The van der Waals surface area contributed by atoms with Crippen molar-refractivity contribution in [2.75, 3.05) is 24.1 Å². The van der Waals surface area contributed by atoms with E-state index in [-0.39, 0.29) is 28.9 Å². The number of nitrogens with one attached hydrogen (secondary N) is 1. The maximum Gasteiger partial charge on any atom is 0.358 e. The van der Waals surface area contributed by atoms with Crippen molar-refractivity contribution in [3.63, 3.8) is 0 Å². The standard InChI is InChI=1S/C19H16ClFN2O3/c1-25-19(24)18-16(10-11-22-13-6-3-2-4-7-13)26-12-23(18)17-14(20)8-5-9-15(17)21/h2-11,22H,12H2,1H3/b11-10+. The third kappa shape index (κ3) is 3.65. The minimum Gasteiger partial charge on any atom is -0.470 e. The SMILES string of the molecule is COC(=O)C1=C(/C=C/Nc2ccccc2)OCN1c1c(F)cccc1Cl. The summed E-state index contributed by atoms with van der Waals surface area (Å²) in [6.07, 6.45) is 3.20. The van der Waals surface area contributed by atoms with Crippen LogP contribution in [0.25, 0.3) is 0 Å². The van der Waals surface area contributed by atoms with Gasteiger partial charge in [-0.05, 0) is 30.3 Å². The van der Waals surface area contributed by atoms with Crippen molar-refractivity contribution in [1.82, 2.24) is 0 Å². The largest absolute Gasteiger partial charge is 0.470 e. The van der Waals surface area contributed by atoms with Gasteiger partial charge in [-0.25, -0.2) is 9.18 Å². The minimum absolute atomic E-state index is 0.0594. The van der Waals surface area contributed by atoms with Crippen molar-refractivity contribution in [2.24, 2.45) is 0 Å². The molecule has 1 N–H and O–H groups in total. The highest BCUT2D eigenvalue weighted by Crippen LogP contribution is 2.35. The number of halogens is 2. The van der Waals surface area contributed by atoms with Gasteiger partial charge in [0.1, 0.15) is 5.82 Å². The Kier molecular flexibility index (Phi) is 5.43. The van der Waals surface area contributed by atoms with Crippen molar-refractivity contribution in [1.29, 1.82) is 0 Å². The summed E-state index contributed by atoms with van der Waals surface area (Å²) in [5.74, 6) is -0.962. The fourth-order valence-corrected chi connectivity index (χ4v) is 2.77. The Morgan fingerprint density at radius 2 is 2.04 bits per heavy atom. The average molecular weight is 375 g/mol. The smallest absolute Gasteiger partial charge is 0.358 e. The molecular weight excluding hydrogens is 359 g/mol. The topological polar surface area (TPSA) is 50.8 Å². The molecule has 7 heteroatoms. The molecule has 2 aromatic rings. The van der Waals surface area contributed by atoms with Gasteiger partial charge < -0.3 is 14.8 Å². The highest BCUT2D eigenvalue weighted by Gasteiger charge is 2.33. The molecule has 5 nitrogen and oxygen atoms in total. The summed E-state index contributed by atoms with van der Waals surface area (Å²) in [6, 6.07) is 13.8. The van der Waals surface area contributed by atoms with Crippen molar-refractivity contribution < 1.29 is 18.7 Å². The fourth-order valence-electron chi connectivity index (χ4n) is 2.51. The second-order valence-corrected chi connectivity index (χ2v) is 5.73. The maximum absolute atomic E-state index is 14.3. The molecule has 0 amide bonds. The van der Waals surface area contributed by atoms with E-state index in [1.807, 2.05) is 30.3 Å². The number of ether oxygens (including phenoxy) is 2. The summed E-state index contributed by atoms with van der Waals surface area (Å²) in [5.41, 5.74) is 1.01. The third-order valence-electron chi connectivity index (χ3n) is 3.70. The van der Waals surface area contributed by atoms with Gasteiger partial charge in [0.25, 0.3) is 0 Å². The van der Waals surface area contributed by atoms with Crippen LogP contribution < -0.4 is 10.2 Å². The molecule has 0 saturated carbocycles. The molecular formula is C19H16ClFN2O3. The van der Waals surface area contributed by atoms with E-state index in [1.54, 1.807) is 18.3 Å². The number of anilines is 2. The molecule has 134 valence electrons. The summed E-state index contributed by atoms with van der Waals surface area (Å²) < 4.78 is 24.6. The summed E-state index contributed by atoms with van der Waals surface area (Å²) in [6.45, 7) is -0.0594. The predicted molar refractivity (Wildman–Crippen MR) is 98.1 cm³/mol. The molecule has 0 unspecified atom stereocenters. The van der Waals surface area contributed by atoms with Crippen LogP contribution in [0, 0.1) is 5.82 Å². The molecule has 0 radical (unpaired) electrons. The Morgan fingerprint density at radius 3 is 2.73 bits per heavy atom. The normalized spacial score (nSPS) is 13.9. The average Bonchev–Trinajstić information content (AvgIpc) is 3.05. The molecule has 0 spiro atoms. The first-order valence-electron chi connectivity index (χ1n) is 7.77.